The molecule has 0 heterocycles. The Morgan fingerprint density at radius 1 is 1.25 bits per heavy atom. The van der Waals surface area contributed by atoms with E-state index in [1.165, 1.54) is 0 Å². The zero-order valence-electron chi connectivity index (χ0n) is 10.2. The van der Waals surface area contributed by atoms with Crippen LogP contribution in [0.25, 0.3) is 0 Å². The van der Waals surface area contributed by atoms with Crippen molar-refractivity contribution in [3.8, 4) is 0 Å². The molecular formula is C9H22NO4PS. The lowest BCUT2D eigenvalue weighted by Gasteiger charge is -2.14. The molecule has 0 amide bonds. The van der Waals surface area contributed by atoms with Crippen LogP contribution in [0.1, 0.15) is 0 Å². The molecule has 0 saturated carbocycles. The Morgan fingerprint density at radius 2 is 1.81 bits per heavy atom. The van der Waals surface area contributed by atoms with Crippen LogP contribution in [0.5, 0.6) is 0 Å². The first-order valence-electron chi connectivity index (χ1n) is 5.08. The second-order valence-corrected chi connectivity index (χ2v) is 6.91. The fourth-order valence-corrected chi connectivity index (χ4v) is 2.03. The van der Waals surface area contributed by atoms with Crippen LogP contribution in [-0.2, 0) is 14.0 Å². The van der Waals surface area contributed by atoms with E-state index >= 15 is 0 Å². The monoisotopic (exact) mass is 271 g/mol. The van der Waals surface area contributed by atoms with E-state index in [1.807, 2.05) is 25.3 Å². The summed E-state index contributed by atoms with van der Waals surface area (Å²) in [4.78, 5) is 11.4. The van der Waals surface area contributed by atoms with E-state index in [4.69, 9.17) is 9.47 Å². The summed E-state index contributed by atoms with van der Waals surface area (Å²) in [5.41, 5.74) is 0. The van der Waals surface area contributed by atoms with Crippen LogP contribution in [0.4, 0.5) is 0 Å². The van der Waals surface area contributed by atoms with E-state index < -0.39 is 7.37 Å². The van der Waals surface area contributed by atoms with E-state index in [-0.39, 0.29) is 12.7 Å². The second kappa shape index (κ2) is 9.45. The van der Waals surface area contributed by atoms with Crippen LogP contribution in [0.2, 0.25) is 0 Å². The summed E-state index contributed by atoms with van der Waals surface area (Å²) >= 11 is 1.64. The maximum Gasteiger partial charge on any atom is 0.250 e. The predicted molar refractivity (Wildman–Crippen MR) is 68.4 cm³/mol. The molecule has 0 radical (unpaired) electrons. The lowest BCUT2D eigenvalue weighted by Crippen LogP contribution is -2.18. The molecule has 0 aromatic carbocycles. The lowest BCUT2D eigenvalue weighted by atomic mass is 10.6. The van der Waals surface area contributed by atoms with Crippen molar-refractivity contribution in [3.63, 3.8) is 0 Å². The highest BCUT2D eigenvalue weighted by Crippen LogP contribution is 2.39. The smallest absolute Gasteiger partial charge is 0.250 e. The third kappa shape index (κ3) is 10.9. The molecule has 0 aliphatic rings. The Balaban J connectivity index is 3.50. The number of ether oxygens (including phenoxy) is 2. The van der Waals surface area contributed by atoms with Crippen molar-refractivity contribution in [1.29, 1.82) is 0 Å². The molecule has 0 aromatic rings. The molecule has 0 aliphatic heterocycles. The largest absolute Gasteiger partial charge is 0.370 e. The molecule has 98 valence electrons. The summed E-state index contributed by atoms with van der Waals surface area (Å²) in [7, 11) is 0.583. The Kier molecular flexibility index (Phi) is 9.70. The highest BCUT2D eigenvalue weighted by Gasteiger charge is 2.18. The van der Waals surface area contributed by atoms with Gasteiger partial charge in [0.25, 0.3) is 0 Å². The normalized spacial score (nSPS) is 15.3. The average molecular weight is 271 g/mol. The number of likely N-dealkylation sites (N-methyl/N-ethyl adjacent to an activating group) is 1. The van der Waals surface area contributed by atoms with Gasteiger partial charge in [-0.3, -0.25) is 4.57 Å². The molecule has 0 saturated heterocycles. The van der Waals surface area contributed by atoms with Crippen LogP contribution >= 0.6 is 19.1 Å². The van der Waals surface area contributed by atoms with Crippen LogP contribution in [0.15, 0.2) is 0 Å². The molecule has 0 aliphatic carbocycles. The zero-order chi connectivity index (χ0) is 12.4. The first-order valence-corrected chi connectivity index (χ1v) is 8.50. The van der Waals surface area contributed by atoms with Gasteiger partial charge in [-0.25, -0.2) is 0 Å². The maximum atomic E-state index is 11.5. The summed E-state index contributed by atoms with van der Waals surface area (Å²) in [5, 5.41) is 0. The minimum Gasteiger partial charge on any atom is -0.370 e. The first-order chi connectivity index (χ1) is 7.48. The topological polar surface area (TPSA) is 59.0 Å². The third-order valence-electron chi connectivity index (χ3n) is 1.70. The minimum absolute atomic E-state index is 0.116. The van der Waals surface area contributed by atoms with Gasteiger partial charge in [0.15, 0.2) is 0 Å². The zero-order valence-corrected chi connectivity index (χ0v) is 11.9. The number of hydrogen-bond acceptors (Lipinski definition) is 5. The standard InChI is InChI=1S/C9H22NO4PS/c1-10(2)4-5-13-8-15(11,12)9-14-6-7-16-3/h4-9H2,1-3H3,(H,11,12). The third-order valence-corrected chi connectivity index (χ3v) is 3.45. The Labute approximate surface area is 102 Å². The van der Waals surface area contributed by atoms with Gasteiger partial charge in [0.2, 0.25) is 7.37 Å². The van der Waals surface area contributed by atoms with Gasteiger partial charge in [-0.2, -0.15) is 11.8 Å². The van der Waals surface area contributed by atoms with Crippen LogP contribution in [0, 0.1) is 0 Å². The molecule has 1 unspecified atom stereocenters. The van der Waals surface area contributed by atoms with Crippen molar-refractivity contribution in [2.24, 2.45) is 0 Å². The lowest BCUT2D eigenvalue weighted by molar-refractivity contribution is 0.136. The first kappa shape index (κ1) is 16.4. The Hall–Kier alpha value is 0.420. The summed E-state index contributed by atoms with van der Waals surface area (Å²) in [6, 6.07) is 0. The summed E-state index contributed by atoms with van der Waals surface area (Å²) in [6.07, 6.45) is 1.72. The van der Waals surface area contributed by atoms with Gasteiger partial charge < -0.3 is 19.3 Å². The minimum atomic E-state index is -3.26. The van der Waals surface area contributed by atoms with E-state index in [1.54, 1.807) is 11.8 Å². The highest BCUT2D eigenvalue weighted by molar-refractivity contribution is 7.98. The molecule has 7 heteroatoms. The molecule has 16 heavy (non-hydrogen) atoms. The van der Waals surface area contributed by atoms with Gasteiger partial charge in [0.05, 0.1) is 13.2 Å². The SMILES string of the molecule is CSCCOCP(=O)(O)COCCN(C)C. The summed E-state index contributed by atoms with van der Waals surface area (Å²) in [6.45, 7) is 1.71. The van der Waals surface area contributed by atoms with Crippen molar-refractivity contribution >= 4 is 19.1 Å². The molecule has 0 aromatic heterocycles. The number of thioether (sulfide) groups is 1. The van der Waals surface area contributed by atoms with Crippen LogP contribution < -0.4 is 0 Å². The molecule has 1 atom stereocenters. The van der Waals surface area contributed by atoms with Gasteiger partial charge in [0, 0.05) is 12.3 Å². The van der Waals surface area contributed by atoms with E-state index in [2.05, 4.69) is 0 Å². The number of nitrogens with zero attached hydrogens (tertiary/aromatic N) is 1. The number of rotatable bonds is 10. The molecule has 0 rings (SSSR count). The van der Waals surface area contributed by atoms with Crippen molar-refractivity contribution < 1.29 is 18.9 Å². The quantitative estimate of drug-likeness (QED) is 0.475. The van der Waals surface area contributed by atoms with Gasteiger partial charge in [0.1, 0.15) is 12.7 Å². The predicted octanol–water partition coefficient (Wildman–Crippen LogP) is 1.13. The van der Waals surface area contributed by atoms with Gasteiger partial charge >= 0.3 is 0 Å². The maximum absolute atomic E-state index is 11.5. The molecule has 0 fully saturated rings. The molecule has 5 nitrogen and oxygen atoms in total. The Bertz CT molecular complexity index is 216. The van der Waals surface area contributed by atoms with Gasteiger partial charge in [-0.05, 0) is 20.4 Å². The fraction of sp³-hybridized carbons (Fsp3) is 1.00. The van der Waals surface area contributed by atoms with Gasteiger partial charge in [-0.15, -0.1) is 0 Å². The van der Waals surface area contributed by atoms with Crippen LogP contribution in [0.3, 0.4) is 0 Å². The van der Waals surface area contributed by atoms with Crippen molar-refractivity contribution in [1.82, 2.24) is 4.90 Å². The van der Waals surface area contributed by atoms with Crippen molar-refractivity contribution in [2.75, 3.05) is 58.6 Å². The van der Waals surface area contributed by atoms with E-state index in [0.29, 0.717) is 13.2 Å². The molecular weight excluding hydrogens is 249 g/mol. The summed E-state index contributed by atoms with van der Waals surface area (Å²) in [5.74, 6) is 0.835. The Morgan fingerprint density at radius 3 is 2.31 bits per heavy atom. The average Bonchev–Trinajstić information content (AvgIpc) is 2.19. The number of hydrogen-bond donors (Lipinski definition) is 1. The second-order valence-electron chi connectivity index (χ2n) is 3.72. The van der Waals surface area contributed by atoms with Crippen molar-refractivity contribution in [2.45, 2.75) is 0 Å². The fourth-order valence-electron chi connectivity index (χ4n) is 0.841. The van der Waals surface area contributed by atoms with E-state index in [9.17, 15) is 9.46 Å². The molecule has 1 N–H and O–H groups in total. The highest BCUT2D eigenvalue weighted by atomic mass is 32.2. The molecule has 0 bridgehead atoms. The van der Waals surface area contributed by atoms with Crippen LogP contribution in [-0.4, -0.2) is 68.4 Å². The summed E-state index contributed by atoms with van der Waals surface area (Å²) < 4.78 is 21.7. The van der Waals surface area contributed by atoms with Crippen molar-refractivity contribution in [3.05, 3.63) is 0 Å². The molecule has 0 spiro atoms. The van der Waals surface area contributed by atoms with E-state index in [0.717, 1.165) is 12.3 Å². The van der Waals surface area contributed by atoms with Gasteiger partial charge in [-0.1, -0.05) is 0 Å².